The van der Waals surface area contributed by atoms with Gasteiger partial charge in [0.05, 0.1) is 0 Å². The average Bonchev–Trinajstić information content (AvgIpc) is 2.65. The molecule has 0 atom stereocenters. The summed E-state index contributed by atoms with van der Waals surface area (Å²) in [6.45, 7) is 6.36. The van der Waals surface area contributed by atoms with Gasteiger partial charge < -0.3 is 4.90 Å². The Balaban J connectivity index is 2.24. The first-order valence-corrected chi connectivity index (χ1v) is 8.03. The smallest absolute Gasteiger partial charge is 0.137 e. The lowest BCUT2D eigenvalue weighted by molar-refractivity contribution is 0.528. The fourth-order valence-electron chi connectivity index (χ4n) is 2.75. The summed E-state index contributed by atoms with van der Waals surface area (Å²) >= 11 is 6.19. The summed E-state index contributed by atoms with van der Waals surface area (Å²) in [5, 5.41) is 0.542. The molecule has 0 bridgehead atoms. The van der Waals surface area contributed by atoms with Crippen molar-refractivity contribution in [1.82, 2.24) is 9.97 Å². The van der Waals surface area contributed by atoms with Gasteiger partial charge in [-0.25, -0.2) is 9.97 Å². The van der Waals surface area contributed by atoms with Crippen LogP contribution in [0.3, 0.4) is 0 Å². The minimum Gasteiger partial charge on any atom is -0.357 e. The molecule has 1 saturated carbocycles. The Labute approximate surface area is 127 Å². The van der Waals surface area contributed by atoms with Crippen molar-refractivity contribution < 1.29 is 0 Å². The Morgan fingerprint density at radius 1 is 1.10 bits per heavy atom. The number of anilines is 1. The monoisotopic (exact) mass is 295 g/mol. The molecule has 0 amide bonds. The summed E-state index contributed by atoms with van der Waals surface area (Å²) in [4.78, 5) is 11.4. The number of rotatable bonds is 2. The normalized spacial score (nSPS) is 17.9. The fourth-order valence-corrected chi connectivity index (χ4v) is 2.93. The molecule has 4 heteroatoms. The summed E-state index contributed by atoms with van der Waals surface area (Å²) in [7, 11) is 2.14. The Morgan fingerprint density at radius 3 is 2.25 bits per heavy atom. The third kappa shape index (κ3) is 3.85. The maximum absolute atomic E-state index is 6.19. The van der Waals surface area contributed by atoms with Crippen molar-refractivity contribution >= 4 is 17.4 Å². The van der Waals surface area contributed by atoms with Crippen molar-refractivity contribution in [3.05, 3.63) is 17.0 Å². The molecule has 1 aliphatic carbocycles. The van der Waals surface area contributed by atoms with E-state index in [1.54, 1.807) is 0 Å². The van der Waals surface area contributed by atoms with Gasteiger partial charge in [-0.15, -0.1) is 0 Å². The molecule has 0 N–H and O–H groups in total. The highest BCUT2D eigenvalue weighted by molar-refractivity contribution is 6.29. The van der Waals surface area contributed by atoms with Gasteiger partial charge in [0.2, 0.25) is 0 Å². The third-order valence-corrected chi connectivity index (χ3v) is 4.28. The van der Waals surface area contributed by atoms with Gasteiger partial charge in [-0.05, 0) is 12.8 Å². The van der Waals surface area contributed by atoms with Crippen molar-refractivity contribution in [2.75, 3.05) is 11.9 Å². The van der Waals surface area contributed by atoms with Gasteiger partial charge in [-0.1, -0.05) is 58.1 Å². The van der Waals surface area contributed by atoms with Crippen molar-refractivity contribution in [2.24, 2.45) is 0 Å². The van der Waals surface area contributed by atoms with Crippen molar-refractivity contribution in [1.29, 1.82) is 0 Å². The largest absolute Gasteiger partial charge is 0.357 e. The van der Waals surface area contributed by atoms with Gasteiger partial charge in [-0.3, -0.25) is 0 Å². The lowest BCUT2D eigenvalue weighted by Gasteiger charge is -2.29. The van der Waals surface area contributed by atoms with E-state index in [-0.39, 0.29) is 5.41 Å². The lowest BCUT2D eigenvalue weighted by Crippen LogP contribution is -2.32. The molecular formula is C16H26ClN3. The van der Waals surface area contributed by atoms with E-state index in [0.717, 1.165) is 11.6 Å². The maximum atomic E-state index is 6.19. The Bertz CT molecular complexity index is 446. The highest BCUT2D eigenvalue weighted by atomic mass is 35.5. The number of aromatic nitrogens is 2. The Kier molecular flexibility index (Phi) is 4.90. The predicted octanol–water partition coefficient (Wildman–Crippen LogP) is 4.59. The summed E-state index contributed by atoms with van der Waals surface area (Å²) < 4.78 is 0. The second kappa shape index (κ2) is 6.30. The molecule has 20 heavy (non-hydrogen) atoms. The first kappa shape index (κ1) is 15.6. The van der Waals surface area contributed by atoms with Crippen LogP contribution in [0.4, 0.5) is 5.82 Å². The zero-order chi connectivity index (χ0) is 14.8. The van der Waals surface area contributed by atoms with Crippen molar-refractivity contribution in [2.45, 2.75) is 70.8 Å². The van der Waals surface area contributed by atoms with Crippen LogP contribution < -0.4 is 4.90 Å². The molecule has 1 fully saturated rings. The van der Waals surface area contributed by atoms with Gasteiger partial charge in [0, 0.05) is 24.6 Å². The number of hydrogen-bond acceptors (Lipinski definition) is 3. The lowest BCUT2D eigenvalue weighted by atomic mass is 9.96. The molecule has 0 aromatic carbocycles. The molecule has 0 saturated heterocycles. The predicted molar refractivity (Wildman–Crippen MR) is 85.6 cm³/mol. The van der Waals surface area contributed by atoms with Crippen LogP contribution >= 0.6 is 11.6 Å². The fraction of sp³-hybridized carbons (Fsp3) is 0.750. The molecule has 112 valence electrons. The van der Waals surface area contributed by atoms with Gasteiger partial charge in [0.25, 0.3) is 0 Å². The van der Waals surface area contributed by atoms with E-state index >= 15 is 0 Å². The van der Waals surface area contributed by atoms with Gasteiger partial charge in [-0.2, -0.15) is 0 Å². The molecule has 1 aromatic rings. The highest BCUT2D eigenvalue weighted by Crippen LogP contribution is 2.28. The van der Waals surface area contributed by atoms with Gasteiger partial charge in [0.15, 0.2) is 0 Å². The van der Waals surface area contributed by atoms with Gasteiger partial charge in [0.1, 0.15) is 16.8 Å². The van der Waals surface area contributed by atoms with Crippen molar-refractivity contribution in [3.8, 4) is 0 Å². The summed E-state index contributed by atoms with van der Waals surface area (Å²) in [6.07, 6.45) is 7.87. The first-order valence-electron chi connectivity index (χ1n) is 7.66. The van der Waals surface area contributed by atoms with Gasteiger partial charge >= 0.3 is 0 Å². The molecule has 3 nitrogen and oxygen atoms in total. The van der Waals surface area contributed by atoms with E-state index in [1.807, 2.05) is 6.07 Å². The van der Waals surface area contributed by atoms with Crippen LogP contribution in [0.5, 0.6) is 0 Å². The van der Waals surface area contributed by atoms with Crippen molar-refractivity contribution in [3.63, 3.8) is 0 Å². The minimum absolute atomic E-state index is 0.0794. The summed E-state index contributed by atoms with van der Waals surface area (Å²) in [5.74, 6) is 1.78. The highest BCUT2D eigenvalue weighted by Gasteiger charge is 2.23. The zero-order valence-corrected chi connectivity index (χ0v) is 13.9. The molecular weight excluding hydrogens is 270 g/mol. The van der Waals surface area contributed by atoms with Crippen LogP contribution in [0.25, 0.3) is 0 Å². The molecule has 0 spiro atoms. The second-order valence-corrected chi connectivity index (χ2v) is 7.27. The minimum atomic E-state index is -0.0794. The van der Waals surface area contributed by atoms with Crippen LogP contribution in [-0.4, -0.2) is 23.1 Å². The molecule has 1 heterocycles. The summed E-state index contributed by atoms with van der Waals surface area (Å²) in [6, 6.07) is 2.47. The van der Waals surface area contributed by atoms with Crippen LogP contribution in [0.15, 0.2) is 6.07 Å². The number of hydrogen-bond donors (Lipinski definition) is 0. The molecule has 0 radical (unpaired) electrons. The van der Waals surface area contributed by atoms with Crippen LogP contribution in [0.2, 0.25) is 5.15 Å². The second-order valence-electron chi connectivity index (χ2n) is 6.88. The van der Waals surface area contributed by atoms with E-state index in [2.05, 4.69) is 37.7 Å². The maximum Gasteiger partial charge on any atom is 0.137 e. The van der Waals surface area contributed by atoms with E-state index in [4.69, 9.17) is 16.6 Å². The van der Waals surface area contributed by atoms with E-state index in [9.17, 15) is 0 Å². The summed E-state index contributed by atoms with van der Waals surface area (Å²) in [5.41, 5.74) is -0.0794. The van der Waals surface area contributed by atoms with E-state index < -0.39 is 0 Å². The first-order chi connectivity index (χ1) is 9.38. The average molecular weight is 296 g/mol. The zero-order valence-electron chi connectivity index (χ0n) is 13.1. The number of nitrogens with zero attached hydrogens (tertiary/aromatic N) is 3. The van der Waals surface area contributed by atoms with E-state index in [0.29, 0.717) is 11.2 Å². The van der Waals surface area contributed by atoms with E-state index in [1.165, 1.54) is 38.5 Å². The molecule has 1 aromatic heterocycles. The van der Waals surface area contributed by atoms with Crippen LogP contribution in [-0.2, 0) is 5.41 Å². The molecule has 0 aliphatic heterocycles. The molecule has 1 aliphatic rings. The topological polar surface area (TPSA) is 29.0 Å². The Morgan fingerprint density at radius 2 is 1.70 bits per heavy atom. The molecule has 0 unspecified atom stereocenters. The van der Waals surface area contributed by atoms with Crippen LogP contribution in [0, 0.1) is 0 Å². The quantitative estimate of drug-likeness (QED) is 0.590. The number of halogens is 1. The standard InChI is InChI=1S/C16H26ClN3/c1-16(2,3)15-18-13(17)11-14(19-15)20(4)12-9-7-5-6-8-10-12/h11-12H,5-10H2,1-4H3. The molecule has 2 rings (SSSR count). The third-order valence-electron chi connectivity index (χ3n) is 4.09. The Hall–Kier alpha value is -0.830. The SMILES string of the molecule is CN(c1cc(Cl)nc(C(C)(C)C)n1)C1CCCCCC1. The van der Waals surface area contributed by atoms with Crippen LogP contribution in [0.1, 0.15) is 65.1 Å².